The molecule has 0 amide bonds. The van der Waals surface area contributed by atoms with Gasteiger partial charge in [0.25, 0.3) is 0 Å². The zero-order chi connectivity index (χ0) is 7.83. The third kappa shape index (κ3) is 2.17. The van der Waals surface area contributed by atoms with Crippen LogP contribution in [0.15, 0.2) is 12.2 Å². The standard InChI is InChI=1S/C8H12Cl2/c1-7(9)4-3-5-8(2,10)6-7/h3-4H,5-6H2,1-2H3. The van der Waals surface area contributed by atoms with Crippen molar-refractivity contribution in [1.82, 2.24) is 0 Å². The largest absolute Gasteiger partial charge is 0.119 e. The minimum Gasteiger partial charge on any atom is -0.119 e. The Morgan fingerprint density at radius 1 is 1.30 bits per heavy atom. The summed E-state index contributed by atoms with van der Waals surface area (Å²) in [7, 11) is 0. The molecule has 1 aliphatic rings. The highest BCUT2D eigenvalue weighted by atomic mass is 35.5. The summed E-state index contributed by atoms with van der Waals surface area (Å²) in [6.45, 7) is 4.02. The van der Waals surface area contributed by atoms with Crippen LogP contribution in [0.5, 0.6) is 0 Å². The highest BCUT2D eigenvalue weighted by Crippen LogP contribution is 2.38. The molecular formula is C8H12Cl2. The molecular weight excluding hydrogens is 167 g/mol. The van der Waals surface area contributed by atoms with Gasteiger partial charge in [0.1, 0.15) is 0 Å². The maximum Gasteiger partial charge on any atom is 0.0614 e. The van der Waals surface area contributed by atoms with Crippen molar-refractivity contribution in [3.05, 3.63) is 12.2 Å². The van der Waals surface area contributed by atoms with Gasteiger partial charge in [0.05, 0.1) is 4.87 Å². The van der Waals surface area contributed by atoms with Gasteiger partial charge in [-0.25, -0.2) is 0 Å². The van der Waals surface area contributed by atoms with Crippen molar-refractivity contribution in [3.8, 4) is 0 Å². The molecule has 0 spiro atoms. The quantitative estimate of drug-likeness (QED) is 0.395. The summed E-state index contributed by atoms with van der Waals surface area (Å²) in [6, 6.07) is 0. The summed E-state index contributed by atoms with van der Waals surface area (Å²) in [5, 5.41) is 0. The highest BCUT2D eigenvalue weighted by molar-refractivity contribution is 6.28. The van der Waals surface area contributed by atoms with Gasteiger partial charge in [0.2, 0.25) is 0 Å². The fourth-order valence-corrected chi connectivity index (χ4v) is 2.22. The van der Waals surface area contributed by atoms with Crippen LogP contribution in [0, 0.1) is 0 Å². The minimum absolute atomic E-state index is 0.134. The molecule has 2 unspecified atom stereocenters. The summed E-state index contributed by atoms with van der Waals surface area (Å²) < 4.78 is 0. The van der Waals surface area contributed by atoms with Gasteiger partial charge < -0.3 is 0 Å². The molecule has 58 valence electrons. The van der Waals surface area contributed by atoms with Crippen molar-refractivity contribution < 1.29 is 0 Å². The van der Waals surface area contributed by atoms with E-state index in [4.69, 9.17) is 23.2 Å². The number of alkyl halides is 2. The first kappa shape index (κ1) is 8.42. The SMILES string of the molecule is CC1(Cl)C=CCC(C)(Cl)C1. The molecule has 0 N–H and O–H groups in total. The van der Waals surface area contributed by atoms with Crippen molar-refractivity contribution in [2.45, 2.75) is 36.4 Å². The van der Waals surface area contributed by atoms with E-state index in [1.807, 2.05) is 19.9 Å². The van der Waals surface area contributed by atoms with Gasteiger partial charge in [-0.1, -0.05) is 12.2 Å². The Balaban J connectivity index is 2.73. The molecule has 1 aliphatic carbocycles. The molecule has 0 saturated heterocycles. The average Bonchev–Trinajstić information content (AvgIpc) is 1.56. The monoisotopic (exact) mass is 178 g/mol. The fourth-order valence-electron chi connectivity index (χ4n) is 1.40. The van der Waals surface area contributed by atoms with E-state index in [0.717, 1.165) is 12.8 Å². The van der Waals surface area contributed by atoms with E-state index >= 15 is 0 Å². The fraction of sp³-hybridized carbons (Fsp3) is 0.750. The zero-order valence-corrected chi connectivity index (χ0v) is 7.84. The van der Waals surface area contributed by atoms with Crippen LogP contribution in [0.2, 0.25) is 0 Å². The lowest BCUT2D eigenvalue weighted by Gasteiger charge is -2.32. The van der Waals surface area contributed by atoms with E-state index < -0.39 is 0 Å². The molecule has 0 bridgehead atoms. The normalized spacial score (nSPS) is 47.6. The van der Waals surface area contributed by atoms with Gasteiger partial charge >= 0.3 is 0 Å². The lowest BCUT2D eigenvalue weighted by Crippen LogP contribution is -2.30. The Labute approximate surface area is 72.2 Å². The van der Waals surface area contributed by atoms with Crippen LogP contribution in [-0.4, -0.2) is 9.75 Å². The predicted molar refractivity (Wildman–Crippen MR) is 46.9 cm³/mol. The second-order valence-corrected chi connectivity index (χ2v) is 5.25. The van der Waals surface area contributed by atoms with Crippen LogP contribution in [0.1, 0.15) is 26.7 Å². The van der Waals surface area contributed by atoms with Crippen LogP contribution in [-0.2, 0) is 0 Å². The van der Waals surface area contributed by atoms with Crippen LogP contribution in [0.3, 0.4) is 0 Å². The first-order chi connectivity index (χ1) is 4.41. The highest BCUT2D eigenvalue weighted by Gasteiger charge is 2.32. The number of rotatable bonds is 0. The molecule has 0 radical (unpaired) electrons. The molecule has 0 aromatic rings. The molecule has 0 nitrogen and oxygen atoms in total. The van der Waals surface area contributed by atoms with Crippen molar-refractivity contribution in [3.63, 3.8) is 0 Å². The smallest absolute Gasteiger partial charge is 0.0614 e. The van der Waals surface area contributed by atoms with Crippen LogP contribution in [0.4, 0.5) is 0 Å². The van der Waals surface area contributed by atoms with E-state index in [9.17, 15) is 0 Å². The van der Waals surface area contributed by atoms with E-state index in [2.05, 4.69) is 6.08 Å². The predicted octanol–water partition coefficient (Wildman–Crippen LogP) is 3.33. The Bertz CT molecular complexity index is 157. The van der Waals surface area contributed by atoms with Crippen molar-refractivity contribution in [2.75, 3.05) is 0 Å². The van der Waals surface area contributed by atoms with E-state index in [1.165, 1.54) is 0 Å². The Hall–Kier alpha value is 0.320. The number of hydrogen-bond donors (Lipinski definition) is 0. The third-order valence-electron chi connectivity index (χ3n) is 1.72. The first-order valence-electron chi connectivity index (χ1n) is 3.47. The van der Waals surface area contributed by atoms with Gasteiger partial charge in [-0.15, -0.1) is 23.2 Å². The van der Waals surface area contributed by atoms with Gasteiger partial charge in [-0.3, -0.25) is 0 Å². The molecule has 0 saturated carbocycles. The maximum absolute atomic E-state index is 6.12. The first-order valence-corrected chi connectivity index (χ1v) is 4.22. The van der Waals surface area contributed by atoms with Crippen molar-refractivity contribution in [1.29, 1.82) is 0 Å². The lowest BCUT2D eigenvalue weighted by atomic mass is 9.88. The Morgan fingerprint density at radius 2 is 1.90 bits per heavy atom. The van der Waals surface area contributed by atoms with Crippen LogP contribution < -0.4 is 0 Å². The Morgan fingerprint density at radius 3 is 2.20 bits per heavy atom. The number of halogens is 2. The molecule has 1 rings (SSSR count). The van der Waals surface area contributed by atoms with Gasteiger partial charge in [0, 0.05) is 4.87 Å². The van der Waals surface area contributed by atoms with Gasteiger partial charge in [-0.2, -0.15) is 0 Å². The zero-order valence-electron chi connectivity index (χ0n) is 6.32. The average molecular weight is 179 g/mol. The molecule has 10 heavy (non-hydrogen) atoms. The molecule has 2 heteroatoms. The topological polar surface area (TPSA) is 0 Å². The number of hydrogen-bond acceptors (Lipinski definition) is 0. The summed E-state index contributed by atoms with van der Waals surface area (Å²) in [5.41, 5.74) is 0. The van der Waals surface area contributed by atoms with E-state index in [1.54, 1.807) is 0 Å². The van der Waals surface area contributed by atoms with Gasteiger partial charge in [-0.05, 0) is 26.7 Å². The maximum atomic E-state index is 6.12. The molecule has 0 aromatic carbocycles. The Kier molecular flexibility index (Phi) is 2.04. The second kappa shape index (κ2) is 2.42. The molecule has 0 aromatic heterocycles. The molecule has 0 heterocycles. The molecule has 2 atom stereocenters. The van der Waals surface area contributed by atoms with Crippen molar-refractivity contribution in [2.24, 2.45) is 0 Å². The summed E-state index contributed by atoms with van der Waals surface area (Å²) in [4.78, 5) is -0.361. The third-order valence-corrected chi connectivity index (χ3v) is 2.27. The lowest BCUT2D eigenvalue weighted by molar-refractivity contribution is 0.503. The molecule has 0 fully saturated rings. The summed E-state index contributed by atoms with van der Waals surface area (Å²) >= 11 is 12.2. The van der Waals surface area contributed by atoms with Crippen LogP contribution >= 0.6 is 23.2 Å². The van der Waals surface area contributed by atoms with Gasteiger partial charge in [0.15, 0.2) is 0 Å². The molecule has 0 aliphatic heterocycles. The summed E-state index contributed by atoms with van der Waals surface area (Å²) in [5.74, 6) is 0. The van der Waals surface area contributed by atoms with Crippen molar-refractivity contribution >= 4 is 23.2 Å². The second-order valence-electron chi connectivity index (χ2n) is 3.47. The summed E-state index contributed by atoms with van der Waals surface area (Å²) in [6.07, 6.45) is 5.86. The number of allylic oxidation sites excluding steroid dienone is 2. The minimum atomic E-state index is -0.227. The van der Waals surface area contributed by atoms with E-state index in [0.29, 0.717) is 0 Å². The van der Waals surface area contributed by atoms with E-state index in [-0.39, 0.29) is 9.75 Å². The van der Waals surface area contributed by atoms with Crippen LogP contribution in [0.25, 0.3) is 0 Å².